The maximum atomic E-state index is 12.9. The van der Waals surface area contributed by atoms with Gasteiger partial charge in [-0.3, -0.25) is 4.79 Å². The van der Waals surface area contributed by atoms with E-state index < -0.39 is 10.0 Å². The number of ether oxygens (including phenoxy) is 2. The average molecular weight is 475 g/mol. The van der Waals surface area contributed by atoms with Gasteiger partial charge in [0.1, 0.15) is 18.1 Å². The lowest BCUT2D eigenvalue weighted by Gasteiger charge is -2.18. The highest BCUT2D eigenvalue weighted by Gasteiger charge is 2.27. The fraction of sp³-hybridized carbons (Fsp3) is 0.480. The second kappa shape index (κ2) is 11.0. The first-order chi connectivity index (χ1) is 15.7. The highest BCUT2D eigenvalue weighted by atomic mass is 32.2. The van der Waals surface area contributed by atoms with Crippen LogP contribution >= 0.6 is 0 Å². The van der Waals surface area contributed by atoms with Gasteiger partial charge in [0, 0.05) is 19.5 Å². The number of nitrogens with zero attached hydrogens (tertiary/aromatic N) is 1. The number of carbonyl (C=O) groups excluding carboxylic acids is 1. The summed E-state index contributed by atoms with van der Waals surface area (Å²) in [6.45, 7) is 7.44. The van der Waals surface area contributed by atoms with Gasteiger partial charge in [0.25, 0.3) is 0 Å². The Hall–Kier alpha value is -2.58. The third kappa shape index (κ3) is 6.48. The normalized spacial score (nSPS) is 15.3. The Morgan fingerprint density at radius 2 is 1.82 bits per heavy atom. The average Bonchev–Trinajstić information content (AvgIpc) is 3.34. The van der Waals surface area contributed by atoms with Gasteiger partial charge in [-0.2, -0.15) is 4.31 Å². The van der Waals surface area contributed by atoms with E-state index >= 15 is 0 Å². The van der Waals surface area contributed by atoms with Crippen LogP contribution in [0.2, 0.25) is 0 Å². The second-order valence-corrected chi connectivity index (χ2v) is 10.5. The fourth-order valence-electron chi connectivity index (χ4n) is 3.85. The Kier molecular flexibility index (Phi) is 8.37. The molecular weight excluding hydrogens is 440 g/mol. The van der Waals surface area contributed by atoms with Crippen molar-refractivity contribution in [2.45, 2.75) is 57.4 Å². The minimum Gasteiger partial charge on any atom is -0.496 e. The van der Waals surface area contributed by atoms with E-state index in [2.05, 4.69) is 12.2 Å². The third-order valence-corrected chi connectivity index (χ3v) is 7.86. The monoisotopic (exact) mass is 474 g/mol. The van der Waals surface area contributed by atoms with Gasteiger partial charge in [0.2, 0.25) is 15.9 Å². The maximum absolute atomic E-state index is 12.9. The number of hydrogen-bond acceptors (Lipinski definition) is 5. The van der Waals surface area contributed by atoms with Crippen LogP contribution in [0, 0.1) is 13.8 Å². The summed E-state index contributed by atoms with van der Waals surface area (Å²) >= 11 is 0. The van der Waals surface area contributed by atoms with Crippen molar-refractivity contribution in [2.75, 3.05) is 26.8 Å². The summed E-state index contributed by atoms with van der Waals surface area (Å²) in [6, 6.07) is 10.6. The Labute approximate surface area is 197 Å². The van der Waals surface area contributed by atoms with Crippen LogP contribution in [-0.2, 0) is 21.2 Å². The molecule has 2 aromatic carbocycles. The highest BCUT2D eigenvalue weighted by molar-refractivity contribution is 7.89. The predicted octanol–water partition coefficient (Wildman–Crippen LogP) is 3.61. The molecule has 8 heteroatoms. The smallest absolute Gasteiger partial charge is 0.243 e. The molecule has 1 aliphatic rings. The summed E-state index contributed by atoms with van der Waals surface area (Å²) in [5, 5.41) is 2.94. The molecule has 1 aliphatic heterocycles. The van der Waals surface area contributed by atoms with Crippen molar-refractivity contribution in [2.24, 2.45) is 0 Å². The first-order valence-corrected chi connectivity index (χ1v) is 12.8. The summed E-state index contributed by atoms with van der Waals surface area (Å²) in [4.78, 5) is 12.7. The molecule has 1 saturated heterocycles. The summed E-state index contributed by atoms with van der Waals surface area (Å²) < 4.78 is 38.5. The summed E-state index contributed by atoms with van der Waals surface area (Å²) in [5.74, 6) is 1.23. The van der Waals surface area contributed by atoms with Crippen LogP contribution in [0.3, 0.4) is 0 Å². The standard InChI is InChI=1S/C25H34N2O5S/c1-18-7-9-22(15-19(18)2)32-17-20(3)26-25(28)12-8-21-16-23(10-11-24(21)31-4)33(29,30)27-13-5-6-14-27/h7,9-11,15-16,20H,5-6,8,12-14,17H2,1-4H3,(H,26,28). The van der Waals surface area contributed by atoms with E-state index in [-0.39, 0.29) is 23.3 Å². The van der Waals surface area contributed by atoms with E-state index in [1.54, 1.807) is 25.3 Å². The van der Waals surface area contributed by atoms with Gasteiger partial charge < -0.3 is 14.8 Å². The third-order valence-electron chi connectivity index (χ3n) is 5.96. The molecule has 33 heavy (non-hydrogen) atoms. The molecule has 1 heterocycles. The van der Waals surface area contributed by atoms with E-state index in [0.717, 1.165) is 24.2 Å². The zero-order chi connectivity index (χ0) is 24.0. The van der Waals surface area contributed by atoms with E-state index in [1.165, 1.54) is 9.87 Å². The number of methoxy groups -OCH3 is 1. The van der Waals surface area contributed by atoms with Crippen molar-refractivity contribution in [3.63, 3.8) is 0 Å². The number of rotatable bonds is 10. The molecule has 0 bridgehead atoms. The van der Waals surface area contributed by atoms with Gasteiger partial charge in [-0.1, -0.05) is 6.07 Å². The number of sulfonamides is 1. The molecule has 0 radical (unpaired) electrons. The van der Waals surface area contributed by atoms with Gasteiger partial charge in [0.15, 0.2) is 0 Å². The van der Waals surface area contributed by atoms with E-state index in [4.69, 9.17) is 9.47 Å². The van der Waals surface area contributed by atoms with Gasteiger partial charge in [-0.15, -0.1) is 0 Å². The molecule has 0 saturated carbocycles. The SMILES string of the molecule is COc1ccc(S(=O)(=O)N2CCCC2)cc1CCC(=O)NC(C)COc1ccc(C)c(C)c1. The molecule has 1 fully saturated rings. The number of amides is 1. The Morgan fingerprint density at radius 3 is 2.48 bits per heavy atom. The minimum absolute atomic E-state index is 0.124. The summed E-state index contributed by atoms with van der Waals surface area (Å²) in [5.41, 5.74) is 3.07. The molecule has 7 nitrogen and oxygen atoms in total. The lowest BCUT2D eigenvalue weighted by atomic mass is 10.1. The second-order valence-electron chi connectivity index (χ2n) is 8.61. The fourth-order valence-corrected chi connectivity index (χ4v) is 5.42. The topological polar surface area (TPSA) is 84.9 Å². The molecular formula is C25H34N2O5S. The first-order valence-electron chi connectivity index (χ1n) is 11.4. The summed E-state index contributed by atoms with van der Waals surface area (Å²) in [6.07, 6.45) is 2.36. The van der Waals surface area contributed by atoms with Crippen LogP contribution in [0.15, 0.2) is 41.3 Å². The van der Waals surface area contributed by atoms with Crippen LogP contribution < -0.4 is 14.8 Å². The van der Waals surface area contributed by atoms with Crippen molar-refractivity contribution in [1.29, 1.82) is 0 Å². The Morgan fingerprint density at radius 1 is 1.09 bits per heavy atom. The largest absolute Gasteiger partial charge is 0.496 e. The minimum atomic E-state index is -3.52. The zero-order valence-electron chi connectivity index (χ0n) is 19.9. The van der Waals surface area contributed by atoms with Crippen molar-refractivity contribution < 1.29 is 22.7 Å². The lowest BCUT2D eigenvalue weighted by Crippen LogP contribution is -2.36. The van der Waals surface area contributed by atoms with Crippen LogP contribution in [0.5, 0.6) is 11.5 Å². The Balaban J connectivity index is 1.56. The number of nitrogens with one attached hydrogen (secondary N) is 1. The van der Waals surface area contributed by atoms with E-state index in [9.17, 15) is 13.2 Å². The molecule has 0 aromatic heterocycles. The van der Waals surface area contributed by atoms with Gasteiger partial charge in [0.05, 0.1) is 18.0 Å². The first kappa shape index (κ1) is 25.1. The van der Waals surface area contributed by atoms with Crippen molar-refractivity contribution >= 4 is 15.9 Å². The van der Waals surface area contributed by atoms with E-state index in [0.29, 0.717) is 37.4 Å². The molecule has 0 spiro atoms. The van der Waals surface area contributed by atoms with Crippen LogP contribution in [-0.4, -0.2) is 51.5 Å². The van der Waals surface area contributed by atoms with E-state index in [1.807, 2.05) is 32.0 Å². The zero-order valence-corrected chi connectivity index (χ0v) is 20.7. The van der Waals surface area contributed by atoms with Crippen LogP contribution in [0.4, 0.5) is 0 Å². The molecule has 1 unspecified atom stereocenters. The van der Waals surface area contributed by atoms with Gasteiger partial charge in [-0.05, 0) is 87.1 Å². The maximum Gasteiger partial charge on any atom is 0.243 e. The number of benzene rings is 2. The number of carbonyl (C=O) groups is 1. The van der Waals surface area contributed by atoms with Crippen molar-refractivity contribution in [1.82, 2.24) is 9.62 Å². The molecule has 1 amide bonds. The molecule has 3 rings (SSSR count). The van der Waals surface area contributed by atoms with Crippen molar-refractivity contribution in [3.8, 4) is 11.5 Å². The quantitative estimate of drug-likeness (QED) is 0.569. The van der Waals surface area contributed by atoms with Gasteiger partial charge >= 0.3 is 0 Å². The van der Waals surface area contributed by atoms with Crippen LogP contribution in [0.25, 0.3) is 0 Å². The predicted molar refractivity (Wildman–Crippen MR) is 128 cm³/mol. The van der Waals surface area contributed by atoms with Gasteiger partial charge in [-0.25, -0.2) is 8.42 Å². The highest BCUT2D eigenvalue weighted by Crippen LogP contribution is 2.27. The lowest BCUT2D eigenvalue weighted by molar-refractivity contribution is -0.121. The number of hydrogen-bond donors (Lipinski definition) is 1. The molecule has 1 atom stereocenters. The molecule has 0 aliphatic carbocycles. The van der Waals surface area contributed by atoms with Crippen LogP contribution in [0.1, 0.15) is 42.9 Å². The molecule has 1 N–H and O–H groups in total. The molecule has 180 valence electrons. The number of aryl methyl sites for hydroxylation is 3. The van der Waals surface area contributed by atoms with Crippen molar-refractivity contribution in [3.05, 3.63) is 53.1 Å². The molecule has 2 aromatic rings. The Bertz CT molecular complexity index is 1080. The summed E-state index contributed by atoms with van der Waals surface area (Å²) in [7, 11) is -1.98.